The van der Waals surface area contributed by atoms with Crippen LogP contribution < -0.4 is 10.6 Å². The molecule has 0 fully saturated rings. The smallest absolute Gasteiger partial charge is 0.200 e. The first kappa shape index (κ1) is 13.1. The van der Waals surface area contributed by atoms with E-state index in [4.69, 9.17) is 5.73 Å². The van der Waals surface area contributed by atoms with E-state index in [2.05, 4.69) is 24.0 Å². The fourth-order valence-electron chi connectivity index (χ4n) is 1.86. The Labute approximate surface area is 114 Å². The van der Waals surface area contributed by atoms with Crippen LogP contribution in [0.3, 0.4) is 0 Å². The van der Waals surface area contributed by atoms with Crippen LogP contribution in [0, 0.1) is 13.8 Å². The molecule has 0 saturated heterocycles. The number of anilines is 1. The Bertz CT molecular complexity index is 602. The summed E-state index contributed by atoms with van der Waals surface area (Å²) in [5.41, 5.74) is 10.3. The Kier molecular flexibility index (Phi) is 3.85. The zero-order valence-electron chi connectivity index (χ0n) is 11.6. The molecule has 0 atom stereocenters. The number of aliphatic imine (C=N–C) groups is 1. The maximum atomic E-state index is 6.08. The molecule has 0 saturated carbocycles. The molecule has 2 N–H and O–H groups in total. The molecule has 0 radical (unpaired) electrons. The Morgan fingerprint density at radius 3 is 2.47 bits per heavy atom. The van der Waals surface area contributed by atoms with E-state index in [0.29, 0.717) is 5.96 Å². The molecule has 2 aromatic carbocycles. The third-order valence-corrected chi connectivity index (χ3v) is 3.08. The van der Waals surface area contributed by atoms with Gasteiger partial charge in [0.15, 0.2) is 0 Å². The monoisotopic (exact) mass is 253 g/mol. The number of hydrogen-bond acceptors (Lipinski definition) is 1. The minimum Gasteiger partial charge on any atom is -0.369 e. The first-order valence-corrected chi connectivity index (χ1v) is 6.28. The van der Waals surface area contributed by atoms with Gasteiger partial charge < -0.3 is 10.6 Å². The predicted octanol–water partition coefficient (Wildman–Crippen LogP) is 3.39. The number of nitrogens with two attached hydrogens (primary N) is 1. The number of para-hydroxylation sites is 1. The van der Waals surface area contributed by atoms with Crippen LogP contribution in [-0.2, 0) is 0 Å². The van der Waals surface area contributed by atoms with Crippen LogP contribution in [0.1, 0.15) is 11.1 Å². The van der Waals surface area contributed by atoms with Gasteiger partial charge in [-0.1, -0.05) is 30.3 Å². The van der Waals surface area contributed by atoms with Gasteiger partial charge in [0.05, 0.1) is 5.69 Å². The van der Waals surface area contributed by atoms with Crippen molar-refractivity contribution in [2.45, 2.75) is 13.8 Å². The molecule has 0 spiro atoms. The second-order valence-corrected chi connectivity index (χ2v) is 4.65. The number of hydrogen-bond donors (Lipinski definition) is 1. The summed E-state index contributed by atoms with van der Waals surface area (Å²) in [6.45, 7) is 4.09. The highest BCUT2D eigenvalue weighted by molar-refractivity contribution is 5.96. The molecule has 0 aliphatic rings. The molecular formula is C16H19N3. The van der Waals surface area contributed by atoms with Crippen LogP contribution in [0.4, 0.5) is 11.4 Å². The van der Waals surface area contributed by atoms with Crippen molar-refractivity contribution in [3.8, 4) is 0 Å². The van der Waals surface area contributed by atoms with Gasteiger partial charge >= 0.3 is 0 Å². The summed E-state index contributed by atoms with van der Waals surface area (Å²) in [4.78, 5) is 6.37. The van der Waals surface area contributed by atoms with Crippen LogP contribution in [0.5, 0.6) is 0 Å². The maximum absolute atomic E-state index is 6.08. The molecule has 2 rings (SSSR count). The Morgan fingerprint density at radius 2 is 1.79 bits per heavy atom. The van der Waals surface area contributed by atoms with Gasteiger partial charge in [-0.15, -0.1) is 0 Å². The first-order chi connectivity index (χ1) is 9.08. The quantitative estimate of drug-likeness (QED) is 0.658. The minimum atomic E-state index is 0.486. The lowest BCUT2D eigenvalue weighted by atomic mass is 10.2. The van der Waals surface area contributed by atoms with Crippen molar-refractivity contribution >= 4 is 17.3 Å². The average Bonchev–Trinajstić information content (AvgIpc) is 2.40. The van der Waals surface area contributed by atoms with Gasteiger partial charge in [-0.25, -0.2) is 4.99 Å². The lowest BCUT2D eigenvalue weighted by Gasteiger charge is -2.18. The fourth-order valence-corrected chi connectivity index (χ4v) is 1.86. The molecule has 0 aromatic heterocycles. The lowest BCUT2D eigenvalue weighted by molar-refractivity contribution is 1.21. The summed E-state index contributed by atoms with van der Waals surface area (Å²) in [5, 5.41) is 0. The number of nitrogens with zero attached hydrogens (tertiary/aromatic N) is 2. The average molecular weight is 253 g/mol. The summed E-state index contributed by atoms with van der Waals surface area (Å²) in [5.74, 6) is 0.486. The van der Waals surface area contributed by atoms with Gasteiger partial charge in [-0.2, -0.15) is 0 Å². The third-order valence-electron chi connectivity index (χ3n) is 3.08. The van der Waals surface area contributed by atoms with Gasteiger partial charge in [0.2, 0.25) is 5.96 Å². The first-order valence-electron chi connectivity index (χ1n) is 6.28. The lowest BCUT2D eigenvalue weighted by Crippen LogP contribution is -2.33. The van der Waals surface area contributed by atoms with Crippen molar-refractivity contribution in [2.24, 2.45) is 10.7 Å². The molecule has 98 valence electrons. The fraction of sp³-hybridized carbons (Fsp3) is 0.188. The zero-order valence-corrected chi connectivity index (χ0v) is 11.6. The summed E-state index contributed by atoms with van der Waals surface area (Å²) in [7, 11) is 1.92. The minimum absolute atomic E-state index is 0.486. The van der Waals surface area contributed by atoms with E-state index in [1.54, 1.807) is 0 Å². The topological polar surface area (TPSA) is 41.6 Å². The van der Waals surface area contributed by atoms with Crippen LogP contribution in [0.2, 0.25) is 0 Å². The highest BCUT2D eigenvalue weighted by Gasteiger charge is 2.05. The van der Waals surface area contributed by atoms with E-state index in [9.17, 15) is 0 Å². The molecule has 0 bridgehead atoms. The molecule has 0 aliphatic heterocycles. The van der Waals surface area contributed by atoms with Crippen molar-refractivity contribution in [1.29, 1.82) is 0 Å². The van der Waals surface area contributed by atoms with E-state index >= 15 is 0 Å². The summed E-state index contributed by atoms with van der Waals surface area (Å²) < 4.78 is 0. The van der Waals surface area contributed by atoms with Gasteiger partial charge in [-0.05, 0) is 43.2 Å². The van der Waals surface area contributed by atoms with E-state index in [1.807, 2.05) is 55.3 Å². The Morgan fingerprint density at radius 1 is 1.05 bits per heavy atom. The largest absolute Gasteiger partial charge is 0.369 e. The Balaban J connectivity index is 2.29. The molecule has 3 nitrogen and oxygen atoms in total. The van der Waals surface area contributed by atoms with E-state index in [0.717, 1.165) is 16.9 Å². The van der Waals surface area contributed by atoms with Crippen molar-refractivity contribution in [3.05, 3.63) is 59.7 Å². The Hall–Kier alpha value is -2.29. The van der Waals surface area contributed by atoms with Gasteiger partial charge in [0.25, 0.3) is 0 Å². The van der Waals surface area contributed by atoms with Crippen LogP contribution in [-0.4, -0.2) is 13.0 Å². The van der Waals surface area contributed by atoms with Crippen molar-refractivity contribution in [2.75, 3.05) is 11.9 Å². The van der Waals surface area contributed by atoms with Gasteiger partial charge in [0, 0.05) is 12.7 Å². The van der Waals surface area contributed by atoms with Gasteiger partial charge in [0.1, 0.15) is 0 Å². The number of rotatable bonds is 2. The second-order valence-electron chi connectivity index (χ2n) is 4.65. The molecule has 0 unspecified atom stereocenters. The molecular weight excluding hydrogens is 234 g/mol. The van der Waals surface area contributed by atoms with E-state index < -0.39 is 0 Å². The summed E-state index contributed by atoms with van der Waals surface area (Å²) >= 11 is 0. The SMILES string of the molecule is Cc1cccc(N(C)C(N)=Nc2ccccc2C)c1. The molecule has 0 heterocycles. The highest BCUT2D eigenvalue weighted by atomic mass is 15.2. The molecule has 0 aliphatic carbocycles. The predicted molar refractivity (Wildman–Crippen MR) is 82.0 cm³/mol. The molecule has 3 heteroatoms. The van der Waals surface area contributed by atoms with Crippen molar-refractivity contribution in [1.82, 2.24) is 0 Å². The molecule has 2 aromatic rings. The van der Waals surface area contributed by atoms with E-state index in [1.165, 1.54) is 5.56 Å². The number of benzene rings is 2. The standard InChI is InChI=1S/C16H19N3/c1-12-7-6-9-14(11-12)19(3)16(17)18-15-10-5-4-8-13(15)2/h4-11H,1-3H3,(H2,17,18). The number of aryl methyl sites for hydroxylation is 2. The maximum Gasteiger partial charge on any atom is 0.200 e. The van der Waals surface area contributed by atoms with Crippen LogP contribution in [0.15, 0.2) is 53.5 Å². The van der Waals surface area contributed by atoms with Crippen LogP contribution >= 0.6 is 0 Å². The second kappa shape index (κ2) is 5.57. The van der Waals surface area contributed by atoms with Crippen molar-refractivity contribution < 1.29 is 0 Å². The molecule has 0 amide bonds. The summed E-state index contributed by atoms with van der Waals surface area (Å²) in [6, 6.07) is 16.1. The third kappa shape index (κ3) is 3.13. The normalized spacial score (nSPS) is 11.4. The molecule has 19 heavy (non-hydrogen) atoms. The zero-order chi connectivity index (χ0) is 13.8. The van der Waals surface area contributed by atoms with E-state index in [-0.39, 0.29) is 0 Å². The number of guanidine groups is 1. The van der Waals surface area contributed by atoms with Crippen LogP contribution in [0.25, 0.3) is 0 Å². The highest BCUT2D eigenvalue weighted by Crippen LogP contribution is 2.19. The summed E-state index contributed by atoms with van der Waals surface area (Å²) in [6.07, 6.45) is 0. The van der Waals surface area contributed by atoms with Crippen molar-refractivity contribution in [3.63, 3.8) is 0 Å². The van der Waals surface area contributed by atoms with Gasteiger partial charge in [-0.3, -0.25) is 0 Å².